The lowest BCUT2D eigenvalue weighted by Gasteiger charge is -1.90. The molecule has 128 valence electrons. The van der Waals surface area contributed by atoms with Gasteiger partial charge in [-0.05, 0) is 49.3 Å². The molecule has 0 aliphatic heterocycles. The number of hydrogen-bond donors (Lipinski definition) is 2. The van der Waals surface area contributed by atoms with E-state index in [1.807, 2.05) is 50.5 Å². The molecule has 0 saturated heterocycles. The summed E-state index contributed by atoms with van der Waals surface area (Å²) in [6.07, 6.45) is 4.42. The van der Waals surface area contributed by atoms with Crippen molar-refractivity contribution in [3.63, 3.8) is 0 Å². The van der Waals surface area contributed by atoms with Gasteiger partial charge in [0.15, 0.2) is 0 Å². The van der Waals surface area contributed by atoms with E-state index >= 15 is 0 Å². The molecule has 6 N–H and O–H groups in total. The summed E-state index contributed by atoms with van der Waals surface area (Å²) in [5, 5.41) is 18.8. The standard InChI is InChI=1S/2C6H8N2.C4H4O4/c2*1-5-2-3-8-6(7)4-5;5-3(6)1-2-4(7)8/h2*2-4H,1H3,(H2,7,8);1-2H,(H,5,6)(H,7,8)/b;;2-1+. The fourth-order valence-corrected chi connectivity index (χ4v) is 1.34. The van der Waals surface area contributed by atoms with Crippen LogP contribution in [0.4, 0.5) is 11.6 Å². The highest BCUT2D eigenvalue weighted by Crippen LogP contribution is 1.95. The van der Waals surface area contributed by atoms with Crippen molar-refractivity contribution in [2.24, 2.45) is 0 Å². The van der Waals surface area contributed by atoms with Gasteiger partial charge in [0.2, 0.25) is 0 Å². The number of aryl methyl sites for hydroxylation is 2. The topological polar surface area (TPSA) is 161 Å². The molecule has 2 heterocycles. The molecular formula is C16H20N4O4. The molecule has 0 atom stereocenters. The van der Waals surface area contributed by atoms with E-state index in [-0.39, 0.29) is 0 Å². The summed E-state index contributed by atoms with van der Waals surface area (Å²) in [6.45, 7) is 4.01. The average Bonchev–Trinajstić information content (AvgIpc) is 2.46. The van der Waals surface area contributed by atoms with Crippen LogP contribution in [0.5, 0.6) is 0 Å². The molecule has 0 aliphatic carbocycles. The number of aliphatic carboxylic acids is 2. The number of aromatic amines is 2. The predicted octanol–water partition coefficient (Wildman–Crippen LogP) is -2.17. The quantitative estimate of drug-likeness (QED) is 0.595. The van der Waals surface area contributed by atoms with Gasteiger partial charge in [-0.25, -0.2) is 9.97 Å². The first-order valence-corrected chi connectivity index (χ1v) is 6.78. The Morgan fingerprint density at radius 2 is 1.21 bits per heavy atom. The van der Waals surface area contributed by atoms with Gasteiger partial charge in [-0.1, -0.05) is 0 Å². The van der Waals surface area contributed by atoms with Gasteiger partial charge in [0, 0.05) is 12.1 Å². The highest BCUT2D eigenvalue weighted by molar-refractivity contribution is 5.87. The summed E-state index contributed by atoms with van der Waals surface area (Å²) in [5.41, 5.74) is 13.2. The zero-order chi connectivity index (χ0) is 18.5. The van der Waals surface area contributed by atoms with E-state index in [1.165, 1.54) is 11.1 Å². The normalized spacial score (nSPS) is 9.25. The number of hydrogen-bond acceptors (Lipinski definition) is 6. The second kappa shape index (κ2) is 11.2. The van der Waals surface area contributed by atoms with Crippen LogP contribution in [0.3, 0.4) is 0 Å². The van der Waals surface area contributed by atoms with E-state index in [0.717, 1.165) is 0 Å². The van der Waals surface area contributed by atoms with Crippen molar-refractivity contribution in [1.29, 1.82) is 0 Å². The van der Waals surface area contributed by atoms with Crippen LogP contribution in [0.15, 0.2) is 48.8 Å². The van der Waals surface area contributed by atoms with Crippen LogP contribution < -0.4 is 31.6 Å². The second-order valence-electron chi connectivity index (χ2n) is 4.61. The third-order valence-electron chi connectivity index (χ3n) is 2.31. The minimum absolute atomic E-state index is 0.384. The smallest absolute Gasteiger partial charge is 0.270 e. The van der Waals surface area contributed by atoms with E-state index in [1.54, 1.807) is 0 Å². The first-order valence-electron chi connectivity index (χ1n) is 6.78. The average molecular weight is 332 g/mol. The zero-order valence-electron chi connectivity index (χ0n) is 13.4. The Hall–Kier alpha value is -3.42. The number of nitrogen functional groups attached to an aromatic ring is 2. The van der Waals surface area contributed by atoms with Crippen molar-refractivity contribution in [3.8, 4) is 0 Å². The van der Waals surface area contributed by atoms with E-state index in [4.69, 9.17) is 11.5 Å². The monoisotopic (exact) mass is 332 g/mol. The zero-order valence-corrected chi connectivity index (χ0v) is 13.4. The molecule has 2 rings (SSSR count). The highest BCUT2D eigenvalue weighted by atomic mass is 16.4. The minimum Gasteiger partial charge on any atom is -0.545 e. The summed E-state index contributed by atoms with van der Waals surface area (Å²) in [4.78, 5) is 24.5. The lowest BCUT2D eigenvalue weighted by atomic mass is 10.3. The van der Waals surface area contributed by atoms with Gasteiger partial charge in [-0.2, -0.15) is 0 Å². The van der Waals surface area contributed by atoms with Gasteiger partial charge in [-0.15, -0.1) is 0 Å². The fraction of sp³-hybridized carbons (Fsp3) is 0.125. The van der Waals surface area contributed by atoms with Crippen molar-refractivity contribution in [2.45, 2.75) is 13.8 Å². The lowest BCUT2D eigenvalue weighted by molar-refractivity contribution is -0.360. The molecule has 0 fully saturated rings. The number of carboxylic acid groups (broad SMARTS) is 2. The highest BCUT2D eigenvalue weighted by Gasteiger charge is 1.89. The van der Waals surface area contributed by atoms with E-state index < -0.39 is 11.9 Å². The Morgan fingerprint density at radius 1 is 0.875 bits per heavy atom. The van der Waals surface area contributed by atoms with Crippen molar-refractivity contribution in [1.82, 2.24) is 0 Å². The van der Waals surface area contributed by atoms with E-state index in [0.29, 0.717) is 23.8 Å². The number of rotatable bonds is 2. The Labute approximate surface area is 139 Å². The van der Waals surface area contributed by atoms with Crippen LogP contribution in [-0.4, -0.2) is 11.9 Å². The summed E-state index contributed by atoms with van der Waals surface area (Å²) in [6, 6.07) is 7.72. The molecule has 2 aromatic heterocycles. The molecule has 0 spiro atoms. The summed E-state index contributed by atoms with van der Waals surface area (Å²) in [5.74, 6) is -1.67. The Bertz CT molecular complexity index is 608. The number of H-pyrrole nitrogens is 2. The molecule has 8 heteroatoms. The molecule has 0 unspecified atom stereocenters. The molecule has 0 radical (unpaired) electrons. The van der Waals surface area contributed by atoms with Gasteiger partial charge in [-0.3, -0.25) is 11.5 Å². The van der Waals surface area contributed by atoms with E-state index in [9.17, 15) is 19.8 Å². The number of carbonyl (C=O) groups is 2. The number of aromatic nitrogens is 2. The SMILES string of the molecule is Cc1cc[nH+]c(N)c1.Cc1cc[nH+]c(N)c1.O=C([O-])/C=C/C(=O)[O-]. The Morgan fingerprint density at radius 3 is 1.38 bits per heavy atom. The van der Waals surface area contributed by atoms with Crippen LogP contribution in [0, 0.1) is 13.8 Å². The maximum Gasteiger partial charge on any atom is 0.270 e. The third-order valence-corrected chi connectivity index (χ3v) is 2.31. The molecule has 0 amide bonds. The van der Waals surface area contributed by atoms with Crippen LogP contribution in [0.25, 0.3) is 0 Å². The first-order chi connectivity index (χ1) is 11.2. The molecule has 0 aliphatic rings. The van der Waals surface area contributed by atoms with Crippen molar-refractivity contribution in [2.75, 3.05) is 11.5 Å². The summed E-state index contributed by atoms with van der Waals surface area (Å²) >= 11 is 0. The predicted molar refractivity (Wildman–Crippen MR) is 83.4 cm³/mol. The van der Waals surface area contributed by atoms with Crippen LogP contribution in [0.1, 0.15) is 11.1 Å². The second-order valence-corrected chi connectivity index (χ2v) is 4.61. The first kappa shape index (κ1) is 20.6. The lowest BCUT2D eigenvalue weighted by Crippen LogP contribution is -2.23. The van der Waals surface area contributed by atoms with Crippen molar-refractivity contribution in [3.05, 3.63) is 59.9 Å². The van der Waals surface area contributed by atoms with Gasteiger partial charge in [0.1, 0.15) is 0 Å². The molecule has 0 saturated carbocycles. The molecule has 2 aromatic rings. The molecule has 8 nitrogen and oxygen atoms in total. The minimum atomic E-state index is -1.55. The molecular weight excluding hydrogens is 312 g/mol. The van der Waals surface area contributed by atoms with Gasteiger partial charge >= 0.3 is 0 Å². The number of carbonyl (C=O) groups excluding carboxylic acids is 2. The number of anilines is 2. The number of nitrogens with two attached hydrogens (primary N) is 2. The molecule has 0 aromatic carbocycles. The summed E-state index contributed by atoms with van der Waals surface area (Å²) in [7, 11) is 0. The van der Waals surface area contributed by atoms with Crippen LogP contribution in [0.2, 0.25) is 0 Å². The van der Waals surface area contributed by atoms with Crippen LogP contribution in [-0.2, 0) is 9.59 Å². The van der Waals surface area contributed by atoms with Gasteiger partial charge in [0.05, 0.1) is 24.3 Å². The number of nitrogens with one attached hydrogen (secondary N) is 2. The van der Waals surface area contributed by atoms with Crippen molar-refractivity contribution >= 4 is 23.6 Å². The largest absolute Gasteiger partial charge is 0.545 e. The number of carboxylic acids is 2. The fourth-order valence-electron chi connectivity index (χ4n) is 1.34. The van der Waals surface area contributed by atoms with E-state index in [2.05, 4.69) is 9.97 Å². The maximum absolute atomic E-state index is 9.41. The Balaban J connectivity index is 0.000000331. The van der Waals surface area contributed by atoms with Gasteiger partial charge < -0.3 is 19.8 Å². The van der Waals surface area contributed by atoms with Gasteiger partial charge in [0.25, 0.3) is 11.6 Å². The molecule has 0 bridgehead atoms. The Kier molecular flexibility index (Phi) is 9.59. The number of pyridine rings is 2. The maximum atomic E-state index is 9.41. The summed E-state index contributed by atoms with van der Waals surface area (Å²) < 4.78 is 0. The van der Waals surface area contributed by atoms with Crippen LogP contribution >= 0.6 is 0 Å². The molecule has 24 heavy (non-hydrogen) atoms. The van der Waals surface area contributed by atoms with Crippen molar-refractivity contribution < 1.29 is 29.8 Å². The third kappa shape index (κ3) is 12.3.